The first-order valence-corrected chi connectivity index (χ1v) is 10.7. The van der Waals surface area contributed by atoms with E-state index in [1.165, 1.54) is 12.8 Å². The summed E-state index contributed by atoms with van der Waals surface area (Å²) in [7, 11) is -3.23. The molecule has 0 aromatic rings. The van der Waals surface area contributed by atoms with Gasteiger partial charge in [-0.05, 0) is 39.5 Å². The minimum Gasteiger partial charge on any atom is -0.378 e. The van der Waals surface area contributed by atoms with Gasteiger partial charge in [-0.1, -0.05) is 0 Å². The van der Waals surface area contributed by atoms with E-state index in [2.05, 4.69) is 17.1 Å². The highest BCUT2D eigenvalue weighted by atomic mass is 32.2. The molecule has 1 N–H and O–H groups in total. The molecule has 1 aliphatic carbocycles. The van der Waals surface area contributed by atoms with Gasteiger partial charge in [-0.3, -0.25) is 4.99 Å². The van der Waals surface area contributed by atoms with Gasteiger partial charge in [-0.25, -0.2) is 8.42 Å². The minimum atomic E-state index is -3.23. The van der Waals surface area contributed by atoms with Crippen molar-refractivity contribution >= 4 is 16.0 Å². The smallest absolute Gasteiger partial charge is 0.216 e. The zero-order valence-corrected chi connectivity index (χ0v) is 16.0. The van der Waals surface area contributed by atoms with Gasteiger partial charge in [0.25, 0.3) is 0 Å². The van der Waals surface area contributed by atoms with Crippen LogP contribution in [0.3, 0.4) is 0 Å². The average molecular weight is 361 g/mol. The van der Waals surface area contributed by atoms with Gasteiger partial charge < -0.3 is 15.0 Å². The first-order valence-electron chi connectivity index (χ1n) is 9.05. The molecule has 0 bridgehead atoms. The van der Waals surface area contributed by atoms with Crippen LogP contribution in [0.2, 0.25) is 0 Å². The van der Waals surface area contributed by atoms with Crippen LogP contribution in [0.5, 0.6) is 0 Å². The van der Waals surface area contributed by atoms with E-state index in [0.29, 0.717) is 26.2 Å². The maximum Gasteiger partial charge on any atom is 0.216 e. The topological polar surface area (TPSA) is 74.2 Å². The summed E-state index contributed by atoms with van der Waals surface area (Å²) in [4.78, 5) is 6.87. The molecule has 2 aliphatic rings. The second-order valence-corrected chi connectivity index (χ2v) is 8.85. The molecule has 0 spiro atoms. The number of nitrogens with zero attached hydrogens (tertiary/aromatic N) is 3. The van der Waals surface area contributed by atoms with Crippen molar-refractivity contribution in [3.05, 3.63) is 0 Å². The van der Waals surface area contributed by atoms with Gasteiger partial charge in [-0.15, -0.1) is 0 Å². The molecule has 1 saturated carbocycles. The predicted molar refractivity (Wildman–Crippen MR) is 96.7 cm³/mol. The van der Waals surface area contributed by atoms with Crippen molar-refractivity contribution in [3.63, 3.8) is 0 Å². The molecule has 0 unspecified atom stereocenters. The van der Waals surface area contributed by atoms with Crippen LogP contribution >= 0.6 is 0 Å². The molecular formula is C16H32N4O3S. The number of sulfonamides is 1. The number of aliphatic imine (C=N–C) groups is 1. The highest BCUT2D eigenvalue weighted by molar-refractivity contribution is 7.89. The molecular weight excluding hydrogens is 328 g/mol. The molecule has 140 valence electrons. The maximum absolute atomic E-state index is 12.4. The second-order valence-electron chi connectivity index (χ2n) is 6.76. The molecule has 0 radical (unpaired) electrons. The van der Waals surface area contributed by atoms with Gasteiger partial charge in [0.1, 0.15) is 0 Å². The molecule has 24 heavy (non-hydrogen) atoms. The fourth-order valence-electron chi connectivity index (χ4n) is 2.64. The zero-order valence-electron chi connectivity index (χ0n) is 15.2. The standard InChI is InChI=1S/C16H32N4O3S/c1-4-17-16(18-13-15-5-6-15)19-7-9-20(10-8-19)24(21,22)12-11-23-14(2)3/h14-15H,4-13H2,1-3H3,(H,17,18). The van der Waals surface area contributed by atoms with Crippen LogP contribution in [0, 0.1) is 5.92 Å². The zero-order chi connectivity index (χ0) is 17.6. The number of nitrogens with one attached hydrogen (secondary N) is 1. The lowest BCUT2D eigenvalue weighted by molar-refractivity contribution is 0.0904. The van der Waals surface area contributed by atoms with Crippen molar-refractivity contribution in [1.29, 1.82) is 0 Å². The van der Waals surface area contributed by atoms with Crippen LogP contribution in [0.25, 0.3) is 0 Å². The highest BCUT2D eigenvalue weighted by Crippen LogP contribution is 2.28. The summed E-state index contributed by atoms with van der Waals surface area (Å²) < 4.78 is 31.7. The van der Waals surface area contributed by atoms with E-state index in [9.17, 15) is 8.42 Å². The molecule has 0 amide bonds. The molecule has 1 heterocycles. The molecule has 1 aliphatic heterocycles. The Labute approximate surface area is 146 Å². The van der Waals surface area contributed by atoms with Gasteiger partial charge in [0.05, 0.1) is 18.5 Å². The number of hydrogen-bond donors (Lipinski definition) is 1. The van der Waals surface area contributed by atoms with Gasteiger partial charge >= 0.3 is 0 Å². The predicted octanol–water partition coefficient (Wildman–Crippen LogP) is 0.734. The molecule has 0 atom stereocenters. The Hall–Kier alpha value is -0.860. The quantitative estimate of drug-likeness (QED) is 0.510. The molecule has 0 aromatic carbocycles. The van der Waals surface area contributed by atoms with E-state index >= 15 is 0 Å². The van der Waals surface area contributed by atoms with Gasteiger partial charge in [0.2, 0.25) is 10.0 Å². The fraction of sp³-hybridized carbons (Fsp3) is 0.938. The van der Waals surface area contributed by atoms with Gasteiger partial charge in [0, 0.05) is 39.3 Å². The lowest BCUT2D eigenvalue weighted by Crippen LogP contribution is -2.54. The van der Waals surface area contributed by atoms with Crippen molar-refractivity contribution in [2.45, 2.75) is 39.7 Å². The summed E-state index contributed by atoms with van der Waals surface area (Å²) in [6, 6.07) is 0. The molecule has 1 saturated heterocycles. The molecule has 2 fully saturated rings. The Morgan fingerprint density at radius 3 is 2.46 bits per heavy atom. The third-order valence-corrected chi connectivity index (χ3v) is 6.09. The second kappa shape index (κ2) is 9.01. The van der Waals surface area contributed by atoms with Crippen LogP contribution in [0.4, 0.5) is 0 Å². The van der Waals surface area contributed by atoms with Crippen LogP contribution in [-0.4, -0.2) is 81.3 Å². The highest BCUT2D eigenvalue weighted by Gasteiger charge is 2.28. The van der Waals surface area contributed by atoms with E-state index in [1.807, 2.05) is 13.8 Å². The van der Waals surface area contributed by atoms with Gasteiger partial charge in [-0.2, -0.15) is 4.31 Å². The molecule has 7 nitrogen and oxygen atoms in total. The average Bonchev–Trinajstić information content (AvgIpc) is 3.35. The number of hydrogen-bond acceptors (Lipinski definition) is 4. The summed E-state index contributed by atoms with van der Waals surface area (Å²) in [6.45, 7) is 10.2. The minimum absolute atomic E-state index is 0.0566. The van der Waals surface area contributed by atoms with Crippen molar-refractivity contribution < 1.29 is 13.2 Å². The van der Waals surface area contributed by atoms with Crippen LogP contribution in [0.1, 0.15) is 33.6 Å². The Balaban J connectivity index is 1.83. The van der Waals surface area contributed by atoms with Crippen molar-refractivity contribution in [2.24, 2.45) is 10.9 Å². The largest absolute Gasteiger partial charge is 0.378 e. The fourth-order valence-corrected chi connectivity index (χ4v) is 3.92. The monoisotopic (exact) mass is 360 g/mol. The number of rotatable bonds is 8. The number of ether oxygens (including phenoxy) is 1. The number of piperazine rings is 1. The summed E-state index contributed by atoms with van der Waals surface area (Å²) in [5.41, 5.74) is 0. The Kier molecular flexibility index (Phi) is 7.31. The van der Waals surface area contributed by atoms with Crippen LogP contribution in [-0.2, 0) is 14.8 Å². The van der Waals surface area contributed by atoms with E-state index in [1.54, 1.807) is 4.31 Å². The summed E-state index contributed by atoms with van der Waals surface area (Å²) >= 11 is 0. The van der Waals surface area contributed by atoms with E-state index in [4.69, 9.17) is 9.73 Å². The Morgan fingerprint density at radius 1 is 1.25 bits per heavy atom. The van der Waals surface area contributed by atoms with Crippen molar-refractivity contribution in [2.75, 3.05) is 51.6 Å². The lowest BCUT2D eigenvalue weighted by Gasteiger charge is -2.36. The van der Waals surface area contributed by atoms with Crippen LogP contribution < -0.4 is 5.32 Å². The van der Waals surface area contributed by atoms with E-state index < -0.39 is 10.0 Å². The van der Waals surface area contributed by atoms with Gasteiger partial charge in [0.15, 0.2) is 5.96 Å². The Bertz CT molecular complexity index is 509. The Morgan fingerprint density at radius 2 is 1.92 bits per heavy atom. The third kappa shape index (κ3) is 6.22. The molecule has 2 rings (SSSR count). The SMILES string of the molecule is CCNC(=NCC1CC1)N1CCN(S(=O)(=O)CCOC(C)C)CC1. The van der Waals surface area contributed by atoms with E-state index in [0.717, 1.165) is 25.0 Å². The van der Waals surface area contributed by atoms with E-state index in [-0.39, 0.29) is 18.5 Å². The summed E-state index contributed by atoms with van der Waals surface area (Å²) in [5, 5.41) is 3.32. The first-order chi connectivity index (χ1) is 11.4. The number of guanidine groups is 1. The van der Waals surface area contributed by atoms with Crippen molar-refractivity contribution in [3.8, 4) is 0 Å². The molecule has 0 aromatic heterocycles. The molecule has 8 heteroatoms. The first kappa shape index (κ1) is 19.5. The van der Waals surface area contributed by atoms with Crippen LogP contribution in [0.15, 0.2) is 4.99 Å². The maximum atomic E-state index is 12.4. The third-order valence-electron chi connectivity index (χ3n) is 4.26. The summed E-state index contributed by atoms with van der Waals surface area (Å²) in [5.74, 6) is 1.73. The summed E-state index contributed by atoms with van der Waals surface area (Å²) in [6.07, 6.45) is 2.63. The lowest BCUT2D eigenvalue weighted by atomic mass is 10.4. The van der Waals surface area contributed by atoms with Crippen molar-refractivity contribution in [1.82, 2.24) is 14.5 Å². The normalized spacial score (nSPS) is 20.7.